The van der Waals surface area contributed by atoms with Crippen molar-refractivity contribution in [2.45, 2.75) is 19.8 Å². The fourth-order valence-electron chi connectivity index (χ4n) is 3.41. The minimum absolute atomic E-state index is 0.285. The topological polar surface area (TPSA) is 54.5 Å². The molecule has 3 rings (SSSR count). The number of ether oxygens (including phenoxy) is 1. The van der Waals surface area contributed by atoms with Crippen LogP contribution in [0.25, 0.3) is 10.9 Å². The molecule has 0 aliphatic carbocycles. The van der Waals surface area contributed by atoms with E-state index in [4.69, 9.17) is 4.74 Å². The Morgan fingerprint density at radius 1 is 1.48 bits per heavy atom. The predicted octanol–water partition coefficient (Wildman–Crippen LogP) is 3.30. The Morgan fingerprint density at radius 3 is 3.08 bits per heavy atom. The van der Waals surface area contributed by atoms with Gasteiger partial charge in [-0.1, -0.05) is 0 Å². The Kier molecular flexibility index (Phi) is 5.48. The monoisotopic (exact) mass is 345 g/mol. The predicted molar refractivity (Wildman–Crippen MR) is 96.4 cm³/mol. The van der Waals surface area contributed by atoms with E-state index in [0.29, 0.717) is 28.1 Å². The molecule has 0 bridgehead atoms. The molecule has 1 N–H and O–H groups in total. The van der Waals surface area contributed by atoms with Gasteiger partial charge in [-0.25, -0.2) is 9.18 Å². The van der Waals surface area contributed by atoms with Gasteiger partial charge in [0, 0.05) is 24.7 Å². The Balaban J connectivity index is 1.92. The molecule has 1 saturated heterocycles. The first kappa shape index (κ1) is 17.6. The summed E-state index contributed by atoms with van der Waals surface area (Å²) in [5.74, 6) is -0.300. The van der Waals surface area contributed by atoms with Gasteiger partial charge in [0.1, 0.15) is 11.4 Å². The van der Waals surface area contributed by atoms with Crippen LogP contribution in [0.2, 0.25) is 0 Å². The first-order valence-electron chi connectivity index (χ1n) is 8.76. The summed E-state index contributed by atoms with van der Waals surface area (Å²) in [5.41, 5.74) is 1.61. The molecular formula is C19H24FN3O2. The normalized spacial score (nSPS) is 18.3. The fourth-order valence-corrected chi connectivity index (χ4v) is 3.41. The maximum absolute atomic E-state index is 13.8. The molecule has 1 fully saturated rings. The third kappa shape index (κ3) is 4.07. The average Bonchev–Trinajstić information content (AvgIpc) is 2.59. The molecule has 6 heteroatoms. The number of pyridine rings is 1. The minimum atomic E-state index is -0.440. The molecule has 1 atom stereocenters. The van der Waals surface area contributed by atoms with Crippen molar-refractivity contribution < 1.29 is 13.9 Å². The maximum atomic E-state index is 13.8. The van der Waals surface area contributed by atoms with Gasteiger partial charge in [-0.3, -0.25) is 4.98 Å². The number of anilines is 1. The van der Waals surface area contributed by atoms with Gasteiger partial charge in [0.25, 0.3) is 0 Å². The number of carbonyl (C=O) groups is 1. The molecule has 5 nitrogen and oxygen atoms in total. The number of nitrogens with zero attached hydrogens (tertiary/aromatic N) is 2. The molecular weight excluding hydrogens is 321 g/mol. The highest BCUT2D eigenvalue weighted by molar-refractivity contribution is 6.04. The van der Waals surface area contributed by atoms with Crippen molar-refractivity contribution in [2.75, 3.05) is 38.6 Å². The number of hydrogen-bond acceptors (Lipinski definition) is 5. The number of likely N-dealkylation sites (tertiary alicyclic amines) is 1. The van der Waals surface area contributed by atoms with Crippen molar-refractivity contribution in [1.82, 2.24) is 9.88 Å². The van der Waals surface area contributed by atoms with Gasteiger partial charge in [-0.15, -0.1) is 0 Å². The highest BCUT2D eigenvalue weighted by Crippen LogP contribution is 2.28. The van der Waals surface area contributed by atoms with E-state index < -0.39 is 5.97 Å². The molecule has 0 radical (unpaired) electrons. The summed E-state index contributed by atoms with van der Waals surface area (Å²) in [5, 5.41) is 3.99. The first-order chi connectivity index (χ1) is 12.1. The van der Waals surface area contributed by atoms with Crippen LogP contribution in [0.5, 0.6) is 0 Å². The Morgan fingerprint density at radius 2 is 2.32 bits per heavy atom. The van der Waals surface area contributed by atoms with Crippen LogP contribution in [0, 0.1) is 11.7 Å². The second-order valence-corrected chi connectivity index (χ2v) is 6.58. The molecule has 1 aliphatic rings. The molecule has 2 heterocycles. The standard InChI is InChI=1S/C19H24FN3O2/c1-3-25-19(24)16-11-21-17-7-6-14(20)9-15(17)18(16)22-10-13-5-4-8-23(2)12-13/h6-7,9,11,13H,3-5,8,10,12H2,1-2H3,(H,21,22). The van der Waals surface area contributed by atoms with Crippen LogP contribution >= 0.6 is 0 Å². The maximum Gasteiger partial charge on any atom is 0.341 e. The summed E-state index contributed by atoms with van der Waals surface area (Å²) in [6, 6.07) is 4.42. The first-order valence-corrected chi connectivity index (χ1v) is 8.76. The highest BCUT2D eigenvalue weighted by Gasteiger charge is 2.20. The van der Waals surface area contributed by atoms with E-state index in [1.165, 1.54) is 24.8 Å². The van der Waals surface area contributed by atoms with Gasteiger partial charge in [0.05, 0.1) is 17.8 Å². The lowest BCUT2D eigenvalue weighted by Crippen LogP contribution is -2.35. The number of hydrogen-bond donors (Lipinski definition) is 1. The van der Waals surface area contributed by atoms with Crippen molar-refractivity contribution in [1.29, 1.82) is 0 Å². The van der Waals surface area contributed by atoms with E-state index in [0.717, 1.165) is 26.1 Å². The number of rotatable bonds is 5. The Labute approximate surface area is 147 Å². The zero-order valence-electron chi connectivity index (χ0n) is 14.7. The van der Waals surface area contributed by atoms with Gasteiger partial charge in [0.2, 0.25) is 0 Å². The quantitative estimate of drug-likeness (QED) is 0.843. The zero-order chi connectivity index (χ0) is 17.8. The summed E-state index contributed by atoms with van der Waals surface area (Å²) in [7, 11) is 2.12. The van der Waals surface area contributed by atoms with E-state index >= 15 is 0 Å². The third-order valence-corrected chi connectivity index (χ3v) is 4.61. The molecule has 1 aliphatic heterocycles. The summed E-state index contributed by atoms with van der Waals surface area (Å²) >= 11 is 0. The number of carbonyl (C=O) groups excluding carboxylic acids is 1. The van der Waals surface area contributed by atoms with E-state index in [9.17, 15) is 9.18 Å². The number of halogens is 1. The molecule has 0 amide bonds. The number of fused-ring (bicyclic) bond motifs is 1. The van der Waals surface area contributed by atoms with Crippen LogP contribution in [-0.2, 0) is 4.74 Å². The van der Waals surface area contributed by atoms with Gasteiger partial charge in [-0.2, -0.15) is 0 Å². The van der Waals surface area contributed by atoms with Crippen LogP contribution in [0.4, 0.5) is 10.1 Å². The lowest BCUT2D eigenvalue weighted by molar-refractivity contribution is 0.0527. The molecule has 2 aromatic rings. The number of benzene rings is 1. The van der Waals surface area contributed by atoms with Gasteiger partial charge >= 0.3 is 5.97 Å². The fraction of sp³-hybridized carbons (Fsp3) is 0.474. The number of piperidine rings is 1. The smallest absolute Gasteiger partial charge is 0.341 e. The molecule has 1 aromatic carbocycles. The number of esters is 1. The summed E-state index contributed by atoms with van der Waals surface area (Å²) in [4.78, 5) is 18.9. The molecule has 0 spiro atoms. The van der Waals surface area contributed by atoms with Crippen molar-refractivity contribution in [3.63, 3.8) is 0 Å². The SMILES string of the molecule is CCOC(=O)c1cnc2ccc(F)cc2c1NCC1CCCN(C)C1. The van der Waals surface area contributed by atoms with Crippen LogP contribution in [0.3, 0.4) is 0 Å². The van der Waals surface area contributed by atoms with Crippen molar-refractivity contribution >= 4 is 22.6 Å². The molecule has 134 valence electrons. The molecule has 0 saturated carbocycles. The summed E-state index contributed by atoms with van der Waals surface area (Å²) in [6.45, 7) is 4.91. The van der Waals surface area contributed by atoms with E-state index in [1.807, 2.05) is 0 Å². The van der Waals surface area contributed by atoms with Crippen molar-refractivity contribution in [3.8, 4) is 0 Å². The lowest BCUT2D eigenvalue weighted by atomic mass is 9.98. The summed E-state index contributed by atoms with van der Waals surface area (Å²) in [6.07, 6.45) is 3.82. The van der Waals surface area contributed by atoms with Crippen LogP contribution < -0.4 is 5.32 Å². The van der Waals surface area contributed by atoms with Crippen LogP contribution in [0.1, 0.15) is 30.1 Å². The lowest BCUT2D eigenvalue weighted by Gasteiger charge is -2.30. The van der Waals surface area contributed by atoms with E-state index in [-0.39, 0.29) is 12.4 Å². The number of aromatic nitrogens is 1. The van der Waals surface area contributed by atoms with Crippen molar-refractivity contribution in [2.24, 2.45) is 5.92 Å². The van der Waals surface area contributed by atoms with Crippen LogP contribution in [-0.4, -0.2) is 49.1 Å². The zero-order valence-corrected chi connectivity index (χ0v) is 14.7. The Hall–Kier alpha value is -2.21. The van der Waals surface area contributed by atoms with Crippen molar-refractivity contribution in [3.05, 3.63) is 35.8 Å². The largest absolute Gasteiger partial charge is 0.462 e. The van der Waals surface area contributed by atoms with Crippen LogP contribution in [0.15, 0.2) is 24.4 Å². The molecule has 1 unspecified atom stereocenters. The Bertz CT molecular complexity index is 766. The average molecular weight is 345 g/mol. The number of nitrogens with one attached hydrogen (secondary N) is 1. The molecule has 1 aromatic heterocycles. The molecule has 25 heavy (non-hydrogen) atoms. The summed E-state index contributed by atoms with van der Waals surface area (Å²) < 4.78 is 18.9. The van der Waals surface area contributed by atoms with E-state index in [1.54, 1.807) is 13.0 Å². The van der Waals surface area contributed by atoms with E-state index in [2.05, 4.69) is 22.2 Å². The van der Waals surface area contributed by atoms with Gasteiger partial charge in [-0.05, 0) is 57.5 Å². The highest BCUT2D eigenvalue weighted by atomic mass is 19.1. The minimum Gasteiger partial charge on any atom is -0.462 e. The third-order valence-electron chi connectivity index (χ3n) is 4.61. The second-order valence-electron chi connectivity index (χ2n) is 6.58. The van der Waals surface area contributed by atoms with Gasteiger partial charge < -0.3 is 15.0 Å². The van der Waals surface area contributed by atoms with Gasteiger partial charge in [0.15, 0.2) is 0 Å². The second kappa shape index (κ2) is 7.78.